The average Bonchev–Trinajstić information content (AvgIpc) is 2.13. The minimum absolute atomic E-state index is 0.120. The molecule has 1 aromatic rings. The lowest BCUT2D eigenvalue weighted by Gasteiger charge is -1.79. The van der Waals surface area contributed by atoms with E-state index in [1.807, 2.05) is 6.07 Å². The van der Waals surface area contributed by atoms with Gasteiger partial charge in [0.05, 0.1) is 10.4 Å². The van der Waals surface area contributed by atoms with E-state index in [-0.39, 0.29) is 6.61 Å². The highest BCUT2D eigenvalue weighted by Gasteiger charge is 2.01. The summed E-state index contributed by atoms with van der Waals surface area (Å²) in [5.74, 6) is 0. The molecule has 0 spiro atoms. The molecule has 0 aliphatic heterocycles. The molecule has 0 radical (unpaired) electrons. The van der Waals surface area contributed by atoms with Crippen LogP contribution in [0.3, 0.4) is 0 Å². The molecular weight excluding hydrogens is 268 g/mol. The van der Waals surface area contributed by atoms with Gasteiger partial charge in [0.2, 0.25) is 0 Å². The van der Waals surface area contributed by atoms with Crippen LogP contribution in [0.25, 0.3) is 0 Å². The van der Waals surface area contributed by atoms with Crippen molar-refractivity contribution in [3.63, 3.8) is 0 Å². The van der Waals surface area contributed by atoms with E-state index in [2.05, 4.69) is 31.9 Å². The minimum atomic E-state index is 0.120. The third kappa shape index (κ3) is 1.77. The van der Waals surface area contributed by atoms with E-state index in [0.29, 0.717) is 0 Å². The highest BCUT2D eigenvalue weighted by molar-refractivity contribution is 9.13. The molecule has 1 rings (SSSR count). The van der Waals surface area contributed by atoms with Gasteiger partial charge in [-0.2, -0.15) is 0 Å². The summed E-state index contributed by atoms with van der Waals surface area (Å²) in [6, 6.07) is 1.90. The number of rotatable bonds is 1. The zero-order valence-electron chi connectivity index (χ0n) is 4.40. The Morgan fingerprint density at radius 1 is 1.56 bits per heavy atom. The van der Waals surface area contributed by atoms with E-state index in [1.54, 1.807) is 0 Å². The molecule has 0 unspecified atom stereocenters. The quantitative estimate of drug-likeness (QED) is 0.833. The Balaban J connectivity index is 2.98. The topological polar surface area (TPSA) is 20.2 Å². The Hall–Kier alpha value is 0.620. The smallest absolute Gasteiger partial charge is 0.0844 e. The Bertz CT molecular complexity index is 189. The zero-order chi connectivity index (χ0) is 6.85. The summed E-state index contributed by atoms with van der Waals surface area (Å²) in [5, 5.41) is 8.64. The summed E-state index contributed by atoms with van der Waals surface area (Å²) in [4.78, 5) is 0.966. The first-order chi connectivity index (χ1) is 4.24. The van der Waals surface area contributed by atoms with Crippen LogP contribution in [0.5, 0.6) is 0 Å². The van der Waals surface area contributed by atoms with Crippen LogP contribution in [0, 0.1) is 0 Å². The molecule has 0 bridgehead atoms. The largest absolute Gasteiger partial charge is 0.391 e. The van der Waals surface area contributed by atoms with Gasteiger partial charge in [-0.05, 0) is 37.9 Å². The molecular formula is C5H4Br2OS. The van der Waals surface area contributed by atoms with Crippen LogP contribution in [-0.4, -0.2) is 5.11 Å². The molecule has 4 heteroatoms. The third-order valence-electron chi connectivity index (χ3n) is 0.852. The van der Waals surface area contributed by atoms with Crippen LogP contribution < -0.4 is 0 Å². The van der Waals surface area contributed by atoms with Crippen LogP contribution in [0.1, 0.15) is 4.88 Å². The summed E-state index contributed by atoms with van der Waals surface area (Å²) in [6.07, 6.45) is 0. The monoisotopic (exact) mass is 270 g/mol. The van der Waals surface area contributed by atoms with Gasteiger partial charge in [-0.3, -0.25) is 0 Å². The molecule has 1 N–H and O–H groups in total. The van der Waals surface area contributed by atoms with Gasteiger partial charge in [0.25, 0.3) is 0 Å². The van der Waals surface area contributed by atoms with Gasteiger partial charge >= 0.3 is 0 Å². The van der Waals surface area contributed by atoms with Crippen LogP contribution in [0.4, 0.5) is 0 Å². The van der Waals surface area contributed by atoms with Crippen LogP contribution in [0.15, 0.2) is 14.3 Å². The molecule has 0 saturated carbocycles. The Kier molecular flexibility index (Phi) is 2.70. The van der Waals surface area contributed by atoms with E-state index >= 15 is 0 Å². The maximum Gasteiger partial charge on any atom is 0.0844 e. The molecule has 0 amide bonds. The Labute approximate surface area is 74.0 Å². The van der Waals surface area contributed by atoms with Crippen molar-refractivity contribution in [3.05, 3.63) is 19.2 Å². The molecule has 0 fully saturated rings. The number of hydrogen-bond donors (Lipinski definition) is 1. The number of aliphatic hydroxyl groups excluding tert-OH is 1. The van der Waals surface area contributed by atoms with Crippen LogP contribution >= 0.6 is 43.2 Å². The van der Waals surface area contributed by atoms with Crippen molar-refractivity contribution >= 4 is 43.2 Å². The average molecular weight is 272 g/mol. The lowest BCUT2D eigenvalue weighted by molar-refractivity contribution is 0.285. The van der Waals surface area contributed by atoms with Gasteiger partial charge in [0.1, 0.15) is 0 Å². The van der Waals surface area contributed by atoms with Crippen LogP contribution in [-0.2, 0) is 6.61 Å². The van der Waals surface area contributed by atoms with Crippen molar-refractivity contribution in [2.75, 3.05) is 0 Å². The van der Waals surface area contributed by atoms with E-state index in [1.165, 1.54) is 11.3 Å². The van der Waals surface area contributed by atoms with Gasteiger partial charge in [-0.25, -0.2) is 0 Å². The molecule has 1 aromatic heterocycles. The predicted molar refractivity (Wildman–Crippen MR) is 45.6 cm³/mol. The molecule has 0 aromatic carbocycles. The van der Waals surface area contributed by atoms with E-state index in [0.717, 1.165) is 13.1 Å². The Morgan fingerprint density at radius 2 is 2.22 bits per heavy atom. The standard InChI is InChI=1S/C5H4Br2OS/c6-4-1-3(2-8)9-5(4)7/h1,8H,2H2. The maximum atomic E-state index is 8.64. The Morgan fingerprint density at radius 3 is 2.44 bits per heavy atom. The highest BCUT2D eigenvalue weighted by atomic mass is 79.9. The second kappa shape index (κ2) is 3.14. The van der Waals surface area contributed by atoms with Crippen molar-refractivity contribution in [2.24, 2.45) is 0 Å². The van der Waals surface area contributed by atoms with Gasteiger partial charge in [0.15, 0.2) is 0 Å². The summed E-state index contributed by atoms with van der Waals surface area (Å²) < 4.78 is 2.04. The number of thiophene rings is 1. The molecule has 9 heavy (non-hydrogen) atoms. The summed E-state index contributed by atoms with van der Waals surface area (Å²) in [7, 11) is 0. The van der Waals surface area contributed by atoms with Gasteiger partial charge < -0.3 is 5.11 Å². The van der Waals surface area contributed by atoms with E-state index in [9.17, 15) is 0 Å². The molecule has 1 nitrogen and oxygen atoms in total. The number of aliphatic hydroxyl groups is 1. The van der Waals surface area contributed by atoms with Crippen molar-refractivity contribution in [3.8, 4) is 0 Å². The second-order valence-corrected chi connectivity index (χ2v) is 4.80. The SMILES string of the molecule is OCc1cc(Br)c(Br)s1. The highest BCUT2D eigenvalue weighted by Crippen LogP contribution is 2.32. The lowest BCUT2D eigenvalue weighted by Crippen LogP contribution is -1.70. The normalized spacial score (nSPS) is 10.1. The van der Waals surface area contributed by atoms with Gasteiger partial charge in [-0.1, -0.05) is 0 Å². The molecule has 0 aliphatic rings. The third-order valence-corrected chi connectivity index (χ3v) is 4.09. The summed E-state index contributed by atoms with van der Waals surface area (Å²) in [5.41, 5.74) is 0. The summed E-state index contributed by atoms with van der Waals surface area (Å²) in [6.45, 7) is 0.120. The molecule has 0 saturated heterocycles. The first-order valence-corrected chi connectivity index (χ1v) is 4.69. The van der Waals surface area contributed by atoms with Crippen LogP contribution in [0.2, 0.25) is 0 Å². The fourth-order valence-electron chi connectivity index (χ4n) is 0.469. The van der Waals surface area contributed by atoms with Gasteiger partial charge in [0, 0.05) is 9.35 Å². The zero-order valence-corrected chi connectivity index (χ0v) is 8.38. The van der Waals surface area contributed by atoms with Crippen molar-refractivity contribution in [2.45, 2.75) is 6.61 Å². The second-order valence-electron chi connectivity index (χ2n) is 1.49. The fraction of sp³-hybridized carbons (Fsp3) is 0.200. The molecule has 0 aliphatic carbocycles. The first kappa shape index (κ1) is 7.72. The fourth-order valence-corrected chi connectivity index (χ4v) is 2.51. The maximum absolute atomic E-state index is 8.64. The summed E-state index contributed by atoms with van der Waals surface area (Å²) >= 11 is 8.16. The first-order valence-electron chi connectivity index (χ1n) is 2.28. The molecule has 50 valence electrons. The lowest BCUT2D eigenvalue weighted by atomic mass is 10.5. The van der Waals surface area contributed by atoms with Crippen molar-refractivity contribution in [1.82, 2.24) is 0 Å². The van der Waals surface area contributed by atoms with Gasteiger partial charge in [-0.15, -0.1) is 11.3 Å². The number of hydrogen-bond acceptors (Lipinski definition) is 2. The van der Waals surface area contributed by atoms with Crippen molar-refractivity contribution < 1.29 is 5.11 Å². The van der Waals surface area contributed by atoms with E-state index in [4.69, 9.17) is 5.11 Å². The molecule has 0 atom stereocenters. The molecule has 1 heterocycles. The minimum Gasteiger partial charge on any atom is -0.391 e. The predicted octanol–water partition coefficient (Wildman–Crippen LogP) is 2.77. The van der Waals surface area contributed by atoms with E-state index < -0.39 is 0 Å². The number of halogens is 2. The van der Waals surface area contributed by atoms with Crippen molar-refractivity contribution in [1.29, 1.82) is 0 Å².